The third-order valence-corrected chi connectivity index (χ3v) is 4.11. The largest absolute Gasteiger partial charge is 0.359 e. The highest BCUT2D eigenvalue weighted by molar-refractivity contribution is 5.89. The standard InChI is InChI=1S/C19H21FN2/c1-13-6-4-5-7-16(13)15-10-17-14(8-9-22(2)3)12-21-19(17)18(20)11-15/h4-7,10-12,21H,8-9H2,1-3H3. The van der Waals surface area contributed by atoms with E-state index in [2.05, 4.69) is 28.9 Å². The van der Waals surface area contributed by atoms with E-state index < -0.39 is 0 Å². The monoisotopic (exact) mass is 296 g/mol. The van der Waals surface area contributed by atoms with E-state index in [4.69, 9.17) is 0 Å². The molecule has 0 unspecified atom stereocenters. The van der Waals surface area contributed by atoms with Crippen molar-refractivity contribution in [1.82, 2.24) is 9.88 Å². The van der Waals surface area contributed by atoms with E-state index in [-0.39, 0.29) is 5.82 Å². The number of rotatable bonds is 4. The van der Waals surface area contributed by atoms with Crippen LogP contribution in [0.25, 0.3) is 22.0 Å². The summed E-state index contributed by atoms with van der Waals surface area (Å²) in [6.07, 6.45) is 2.84. The Morgan fingerprint density at radius 2 is 1.91 bits per heavy atom. The Kier molecular flexibility index (Phi) is 3.99. The van der Waals surface area contributed by atoms with Crippen molar-refractivity contribution in [3.05, 3.63) is 59.5 Å². The van der Waals surface area contributed by atoms with Crippen LogP contribution in [0.5, 0.6) is 0 Å². The number of aryl methyl sites for hydroxylation is 1. The second kappa shape index (κ2) is 5.93. The first-order valence-electron chi connectivity index (χ1n) is 7.56. The van der Waals surface area contributed by atoms with Crippen LogP contribution < -0.4 is 0 Å². The molecule has 1 heterocycles. The van der Waals surface area contributed by atoms with Crippen LogP contribution >= 0.6 is 0 Å². The van der Waals surface area contributed by atoms with Gasteiger partial charge < -0.3 is 9.88 Å². The first-order chi connectivity index (χ1) is 10.6. The lowest BCUT2D eigenvalue weighted by Crippen LogP contribution is -2.14. The molecule has 0 aliphatic carbocycles. The van der Waals surface area contributed by atoms with Crippen LogP contribution in [0.1, 0.15) is 11.1 Å². The maximum Gasteiger partial charge on any atom is 0.147 e. The molecule has 0 saturated carbocycles. The summed E-state index contributed by atoms with van der Waals surface area (Å²) in [7, 11) is 4.10. The first-order valence-corrected chi connectivity index (χ1v) is 7.56. The fourth-order valence-electron chi connectivity index (χ4n) is 2.85. The number of hydrogen-bond acceptors (Lipinski definition) is 1. The molecule has 22 heavy (non-hydrogen) atoms. The second-order valence-electron chi connectivity index (χ2n) is 6.06. The number of aromatic nitrogens is 1. The summed E-state index contributed by atoms with van der Waals surface area (Å²) in [5.74, 6) is -0.188. The zero-order chi connectivity index (χ0) is 15.7. The van der Waals surface area contributed by atoms with Gasteiger partial charge in [0.15, 0.2) is 0 Å². The number of nitrogens with zero attached hydrogens (tertiary/aromatic N) is 1. The molecular weight excluding hydrogens is 275 g/mol. The Morgan fingerprint density at radius 3 is 2.64 bits per heavy atom. The number of benzene rings is 2. The highest BCUT2D eigenvalue weighted by atomic mass is 19.1. The summed E-state index contributed by atoms with van der Waals surface area (Å²) in [5, 5.41) is 0.986. The molecule has 0 saturated heterocycles. The van der Waals surface area contributed by atoms with Crippen LogP contribution in [-0.4, -0.2) is 30.5 Å². The molecule has 2 nitrogen and oxygen atoms in total. The first kappa shape index (κ1) is 14.8. The Hall–Kier alpha value is -2.13. The SMILES string of the molecule is Cc1ccccc1-c1cc(F)c2[nH]cc(CCN(C)C)c2c1. The van der Waals surface area contributed by atoms with E-state index in [1.165, 1.54) is 0 Å². The molecule has 0 spiro atoms. The summed E-state index contributed by atoms with van der Waals surface area (Å²) in [5.41, 5.74) is 4.95. The number of hydrogen-bond donors (Lipinski definition) is 1. The Balaban J connectivity index is 2.10. The smallest absolute Gasteiger partial charge is 0.147 e. The minimum atomic E-state index is -0.188. The van der Waals surface area contributed by atoms with Gasteiger partial charge in [-0.3, -0.25) is 0 Å². The third kappa shape index (κ3) is 2.77. The van der Waals surface area contributed by atoms with E-state index in [9.17, 15) is 4.39 Å². The van der Waals surface area contributed by atoms with Crippen molar-refractivity contribution in [2.75, 3.05) is 20.6 Å². The number of likely N-dealkylation sites (N-methyl/N-ethyl adjacent to an activating group) is 1. The molecule has 1 aromatic heterocycles. The van der Waals surface area contributed by atoms with Crippen molar-refractivity contribution in [3.63, 3.8) is 0 Å². The lowest BCUT2D eigenvalue weighted by Gasteiger charge is -2.10. The lowest BCUT2D eigenvalue weighted by molar-refractivity contribution is 0.414. The normalized spacial score (nSPS) is 11.5. The number of halogens is 1. The van der Waals surface area contributed by atoms with Crippen molar-refractivity contribution in [3.8, 4) is 11.1 Å². The third-order valence-electron chi connectivity index (χ3n) is 4.11. The van der Waals surface area contributed by atoms with Gasteiger partial charge in [0.2, 0.25) is 0 Å². The van der Waals surface area contributed by atoms with E-state index in [1.807, 2.05) is 38.5 Å². The van der Waals surface area contributed by atoms with Crippen LogP contribution in [0, 0.1) is 12.7 Å². The second-order valence-corrected chi connectivity index (χ2v) is 6.06. The van der Waals surface area contributed by atoms with Gasteiger partial charge in [-0.1, -0.05) is 24.3 Å². The Morgan fingerprint density at radius 1 is 1.14 bits per heavy atom. The molecule has 0 radical (unpaired) electrons. The molecule has 0 atom stereocenters. The average molecular weight is 296 g/mol. The van der Waals surface area contributed by atoms with Crippen molar-refractivity contribution in [2.45, 2.75) is 13.3 Å². The van der Waals surface area contributed by atoms with Crippen LogP contribution in [0.15, 0.2) is 42.6 Å². The van der Waals surface area contributed by atoms with Crippen molar-refractivity contribution < 1.29 is 4.39 Å². The average Bonchev–Trinajstić information content (AvgIpc) is 2.89. The quantitative estimate of drug-likeness (QED) is 0.756. The van der Waals surface area contributed by atoms with Crippen molar-refractivity contribution >= 4 is 10.9 Å². The number of H-pyrrole nitrogens is 1. The molecule has 1 N–H and O–H groups in total. The number of fused-ring (bicyclic) bond motifs is 1. The molecule has 0 aliphatic rings. The van der Waals surface area contributed by atoms with Crippen LogP contribution in [0.4, 0.5) is 4.39 Å². The van der Waals surface area contributed by atoms with E-state index in [0.29, 0.717) is 5.52 Å². The fourth-order valence-corrected chi connectivity index (χ4v) is 2.85. The van der Waals surface area contributed by atoms with Gasteiger partial charge in [-0.15, -0.1) is 0 Å². The van der Waals surface area contributed by atoms with Crippen molar-refractivity contribution in [1.29, 1.82) is 0 Å². The molecule has 0 aliphatic heterocycles. The maximum atomic E-state index is 14.4. The molecule has 0 amide bonds. The van der Waals surface area contributed by atoms with Crippen LogP contribution in [0.2, 0.25) is 0 Å². The predicted molar refractivity (Wildman–Crippen MR) is 90.7 cm³/mol. The highest BCUT2D eigenvalue weighted by Gasteiger charge is 2.12. The Labute approximate surface area is 130 Å². The maximum absolute atomic E-state index is 14.4. The molecular formula is C19H21FN2. The summed E-state index contributed by atoms with van der Waals surface area (Å²) in [6.45, 7) is 3.00. The predicted octanol–water partition coefficient (Wildman–Crippen LogP) is 4.39. The van der Waals surface area contributed by atoms with Gasteiger partial charge in [0.1, 0.15) is 5.82 Å². The molecule has 3 rings (SSSR count). The molecule has 114 valence electrons. The zero-order valence-electron chi connectivity index (χ0n) is 13.3. The number of aromatic amines is 1. The highest BCUT2D eigenvalue weighted by Crippen LogP contribution is 2.30. The summed E-state index contributed by atoms with van der Waals surface area (Å²) >= 11 is 0. The molecule has 3 heteroatoms. The van der Waals surface area contributed by atoms with E-state index in [1.54, 1.807) is 6.07 Å². The topological polar surface area (TPSA) is 19.0 Å². The lowest BCUT2D eigenvalue weighted by atomic mass is 9.98. The minimum Gasteiger partial charge on any atom is -0.359 e. The molecule has 3 aromatic rings. The molecule has 2 aromatic carbocycles. The summed E-state index contributed by atoms with van der Waals surface area (Å²) < 4.78 is 14.4. The van der Waals surface area contributed by atoms with Gasteiger partial charge in [-0.25, -0.2) is 4.39 Å². The van der Waals surface area contributed by atoms with Gasteiger partial charge in [0, 0.05) is 18.1 Å². The Bertz CT molecular complexity index is 802. The van der Waals surface area contributed by atoms with E-state index >= 15 is 0 Å². The van der Waals surface area contributed by atoms with Crippen LogP contribution in [0.3, 0.4) is 0 Å². The van der Waals surface area contributed by atoms with E-state index in [0.717, 1.165) is 40.6 Å². The summed E-state index contributed by atoms with van der Waals surface area (Å²) in [4.78, 5) is 5.22. The zero-order valence-corrected chi connectivity index (χ0v) is 13.3. The van der Waals surface area contributed by atoms with Crippen LogP contribution in [-0.2, 0) is 6.42 Å². The molecule has 0 fully saturated rings. The van der Waals surface area contributed by atoms with Gasteiger partial charge in [0.25, 0.3) is 0 Å². The summed E-state index contributed by atoms with van der Waals surface area (Å²) in [6, 6.07) is 11.8. The number of nitrogens with one attached hydrogen (secondary N) is 1. The minimum absolute atomic E-state index is 0.188. The molecule has 0 bridgehead atoms. The van der Waals surface area contributed by atoms with Gasteiger partial charge >= 0.3 is 0 Å². The fraction of sp³-hybridized carbons (Fsp3) is 0.263. The van der Waals surface area contributed by atoms with Gasteiger partial charge in [0.05, 0.1) is 5.52 Å². The van der Waals surface area contributed by atoms with Gasteiger partial charge in [-0.2, -0.15) is 0 Å². The van der Waals surface area contributed by atoms with Gasteiger partial charge in [-0.05, 0) is 61.8 Å². The van der Waals surface area contributed by atoms with Crippen molar-refractivity contribution in [2.24, 2.45) is 0 Å².